The van der Waals surface area contributed by atoms with E-state index in [9.17, 15) is 19.7 Å². The van der Waals surface area contributed by atoms with Crippen molar-refractivity contribution in [2.75, 3.05) is 5.75 Å². The summed E-state index contributed by atoms with van der Waals surface area (Å²) in [5, 5.41) is 18.6. The van der Waals surface area contributed by atoms with Crippen LogP contribution in [0.2, 0.25) is 0 Å². The third kappa shape index (κ3) is 3.79. The third-order valence-electron chi connectivity index (χ3n) is 5.12. The van der Waals surface area contributed by atoms with Gasteiger partial charge in [0, 0.05) is 17.9 Å². The van der Waals surface area contributed by atoms with E-state index in [1.165, 1.54) is 35.2 Å². The lowest BCUT2D eigenvalue weighted by Crippen LogP contribution is -2.63. The zero-order valence-electron chi connectivity index (χ0n) is 16.1. The van der Waals surface area contributed by atoms with Gasteiger partial charge < -0.3 is 9.64 Å². The van der Waals surface area contributed by atoms with Gasteiger partial charge in [-0.05, 0) is 31.5 Å². The molecule has 12 heteroatoms. The SMILES string of the molecule is CC12CC(=O)N1[C@@H](C(=O)OCc1ccc([N+](=O)[O-])cc1)[C@](C)(CSc1nncs1)S2. The number of hydrogen-bond acceptors (Lipinski definition) is 10. The van der Waals surface area contributed by atoms with E-state index in [1.54, 1.807) is 34.3 Å². The minimum atomic E-state index is -0.716. The molecule has 9 nitrogen and oxygen atoms in total. The molecule has 3 atom stereocenters. The van der Waals surface area contributed by atoms with E-state index in [-0.39, 0.29) is 18.2 Å². The highest BCUT2D eigenvalue weighted by Gasteiger charge is 2.67. The summed E-state index contributed by atoms with van der Waals surface area (Å²) in [5.74, 6) is 0.0358. The van der Waals surface area contributed by atoms with E-state index in [1.807, 2.05) is 13.8 Å². The zero-order valence-corrected chi connectivity index (χ0v) is 18.6. The van der Waals surface area contributed by atoms with Crippen LogP contribution in [-0.4, -0.2) is 53.3 Å². The van der Waals surface area contributed by atoms with E-state index in [0.717, 1.165) is 4.34 Å². The molecular formula is C18H18N4O5S3. The summed E-state index contributed by atoms with van der Waals surface area (Å²) in [7, 11) is 0. The van der Waals surface area contributed by atoms with Crippen molar-refractivity contribution in [2.24, 2.45) is 0 Å². The predicted octanol–water partition coefficient (Wildman–Crippen LogP) is 3.10. The molecule has 2 aliphatic heterocycles. The molecule has 30 heavy (non-hydrogen) atoms. The first-order valence-corrected chi connectivity index (χ1v) is 11.7. The first-order valence-electron chi connectivity index (χ1n) is 9.03. The van der Waals surface area contributed by atoms with Gasteiger partial charge in [-0.2, -0.15) is 0 Å². The molecule has 2 aromatic rings. The Morgan fingerprint density at radius 2 is 2.13 bits per heavy atom. The van der Waals surface area contributed by atoms with Crippen molar-refractivity contribution in [3.63, 3.8) is 0 Å². The fraction of sp³-hybridized carbons (Fsp3) is 0.444. The molecule has 4 rings (SSSR count). The Hall–Kier alpha value is -2.18. The van der Waals surface area contributed by atoms with Crippen molar-refractivity contribution in [3.05, 3.63) is 45.5 Å². The lowest BCUT2D eigenvalue weighted by atomic mass is 9.93. The van der Waals surface area contributed by atoms with Gasteiger partial charge in [-0.3, -0.25) is 14.9 Å². The van der Waals surface area contributed by atoms with Crippen LogP contribution in [0.15, 0.2) is 34.1 Å². The number of esters is 1. The fourth-order valence-corrected chi connectivity index (χ4v) is 7.56. The number of nitro benzene ring substituents is 1. The summed E-state index contributed by atoms with van der Waals surface area (Å²) in [6, 6.07) is 5.13. The summed E-state index contributed by atoms with van der Waals surface area (Å²) < 4.78 is 5.79. The number of aromatic nitrogens is 2. The van der Waals surface area contributed by atoms with Crippen LogP contribution in [0.1, 0.15) is 25.8 Å². The Morgan fingerprint density at radius 3 is 2.73 bits per heavy atom. The standard InChI is InChI=1S/C18H18N4O5S3/c1-17(9-28-16-20-19-10-29-16)14(21-13(23)7-18(21,2)30-17)15(24)27-8-11-3-5-12(6-4-11)22(25)26/h3-6,10,14H,7-9H2,1-2H3/t14-,17-,18?/m0/s1. The maximum absolute atomic E-state index is 13.1. The minimum absolute atomic E-state index is 0.0175. The van der Waals surface area contributed by atoms with Gasteiger partial charge in [0.2, 0.25) is 5.91 Å². The van der Waals surface area contributed by atoms with Crippen LogP contribution in [0.25, 0.3) is 0 Å². The topological polar surface area (TPSA) is 116 Å². The number of ether oxygens (including phenoxy) is 1. The lowest BCUT2D eigenvalue weighted by Gasteiger charge is -2.45. The molecule has 0 bridgehead atoms. The van der Waals surface area contributed by atoms with Crippen LogP contribution in [0.5, 0.6) is 0 Å². The second-order valence-electron chi connectivity index (χ2n) is 7.46. The van der Waals surface area contributed by atoms with Gasteiger partial charge in [0.15, 0.2) is 4.34 Å². The highest BCUT2D eigenvalue weighted by atomic mass is 32.2. The fourth-order valence-electron chi connectivity index (χ4n) is 3.80. The molecule has 1 aromatic heterocycles. The van der Waals surface area contributed by atoms with Crippen LogP contribution in [0.4, 0.5) is 5.69 Å². The third-order valence-corrected chi connectivity index (χ3v) is 9.12. The van der Waals surface area contributed by atoms with Crippen LogP contribution in [-0.2, 0) is 20.9 Å². The number of carbonyl (C=O) groups is 2. The Labute approximate surface area is 184 Å². The quantitative estimate of drug-likeness (QED) is 0.199. The first-order chi connectivity index (χ1) is 14.2. The number of hydrogen-bond donors (Lipinski definition) is 0. The summed E-state index contributed by atoms with van der Waals surface area (Å²) >= 11 is 4.56. The summed E-state index contributed by atoms with van der Waals surface area (Å²) in [6.07, 6.45) is 0.392. The smallest absolute Gasteiger partial charge is 0.330 e. The molecule has 2 fully saturated rings. The number of benzene rings is 1. The second kappa shape index (κ2) is 7.82. The molecule has 2 aliphatic rings. The Morgan fingerprint density at radius 1 is 1.40 bits per heavy atom. The molecule has 0 aliphatic carbocycles. The van der Waals surface area contributed by atoms with Crippen LogP contribution in [0.3, 0.4) is 0 Å². The number of thioether (sulfide) groups is 2. The Balaban J connectivity index is 1.48. The maximum atomic E-state index is 13.1. The molecular weight excluding hydrogens is 448 g/mol. The Kier molecular flexibility index (Phi) is 5.49. The number of nitro groups is 1. The Bertz CT molecular complexity index is 986. The van der Waals surface area contributed by atoms with Crippen molar-refractivity contribution >= 4 is 52.4 Å². The summed E-state index contributed by atoms with van der Waals surface area (Å²) in [5.41, 5.74) is 2.27. The molecule has 1 amide bonds. The van der Waals surface area contributed by atoms with Gasteiger partial charge in [0.05, 0.1) is 21.0 Å². The molecule has 0 radical (unpaired) electrons. The number of β-lactam (4-membered cyclic amide) rings is 1. The molecule has 3 heterocycles. The van der Waals surface area contributed by atoms with E-state index >= 15 is 0 Å². The van der Waals surface area contributed by atoms with Crippen molar-refractivity contribution in [3.8, 4) is 0 Å². The molecule has 0 N–H and O–H groups in total. The monoisotopic (exact) mass is 466 g/mol. The molecule has 2 saturated heterocycles. The molecule has 1 unspecified atom stereocenters. The van der Waals surface area contributed by atoms with Gasteiger partial charge in [0.25, 0.3) is 5.69 Å². The largest absolute Gasteiger partial charge is 0.459 e. The lowest BCUT2D eigenvalue weighted by molar-refractivity contribution is -0.384. The average molecular weight is 467 g/mol. The van der Waals surface area contributed by atoms with Gasteiger partial charge in [0.1, 0.15) is 18.2 Å². The van der Waals surface area contributed by atoms with E-state index < -0.39 is 26.6 Å². The van der Waals surface area contributed by atoms with Gasteiger partial charge in [-0.25, -0.2) is 4.79 Å². The second-order valence-corrected chi connectivity index (χ2v) is 11.5. The normalized spacial score (nSPS) is 27.5. The van der Waals surface area contributed by atoms with Crippen LogP contribution in [0, 0.1) is 10.1 Å². The molecule has 0 spiro atoms. The predicted molar refractivity (Wildman–Crippen MR) is 113 cm³/mol. The van der Waals surface area contributed by atoms with Crippen LogP contribution >= 0.6 is 34.9 Å². The number of non-ortho nitro benzene ring substituents is 1. The van der Waals surface area contributed by atoms with Crippen molar-refractivity contribution in [1.29, 1.82) is 0 Å². The van der Waals surface area contributed by atoms with Gasteiger partial charge in [-0.15, -0.1) is 22.0 Å². The number of amides is 1. The average Bonchev–Trinajstić information content (AvgIpc) is 3.28. The van der Waals surface area contributed by atoms with Crippen molar-refractivity contribution in [2.45, 2.75) is 46.9 Å². The number of carbonyl (C=O) groups excluding carboxylic acids is 2. The van der Waals surface area contributed by atoms with E-state index in [4.69, 9.17) is 4.74 Å². The van der Waals surface area contributed by atoms with Crippen LogP contribution < -0.4 is 0 Å². The van der Waals surface area contributed by atoms with Gasteiger partial charge >= 0.3 is 5.97 Å². The van der Waals surface area contributed by atoms with E-state index in [2.05, 4.69) is 10.2 Å². The molecule has 1 aromatic carbocycles. The maximum Gasteiger partial charge on any atom is 0.330 e. The minimum Gasteiger partial charge on any atom is -0.459 e. The number of rotatable bonds is 7. The van der Waals surface area contributed by atoms with Crippen molar-refractivity contribution < 1.29 is 19.2 Å². The number of fused-ring (bicyclic) bond motifs is 1. The zero-order chi connectivity index (χ0) is 21.5. The highest BCUT2D eigenvalue weighted by molar-refractivity contribution is 8.05. The highest BCUT2D eigenvalue weighted by Crippen LogP contribution is 2.59. The molecule has 0 saturated carbocycles. The summed E-state index contributed by atoms with van der Waals surface area (Å²) in [6.45, 7) is 3.92. The van der Waals surface area contributed by atoms with Gasteiger partial charge in [-0.1, -0.05) is 23.1 Å². The first kappa shape index (κ1) is 21.1. The number of nitrogens with zero attached hydrogens (tertiary/aromatic N) is 4. The van der Waals surface area contributed by atoms with E-state index in [0.29, 0.717) is 17.7 Å². The summed E-state index contributed by atoms with van der Waals surface area (Å²) in [4.78, 5) is 36.9. The van der Waals surface area contributed by atoms with Crippen molar-refractivity contribution in [1.82, 2.24) is 15.1 Å². The molecule has 158 valence electrons.